The van der Waals surface area contributed by atoms with E-state index >= 15 is 0 Å². The molecule has 10 heteroatoms. The molecule has 3 aromatic rings. The molecule has 1 N–H and O–H groups in total. The van der Waals surface area contributed by atoms with Crippen LogP contribution in [-0.4, -0.2) is 35.5 Å². The number of benzene rings is 2. The van der Waals surface area contributed by atoms with Crippen molar-refractivity contribution in [2.45, 2.75) is 20.8 Å². The number of urea groups is 1. The Labute approximate surface area is 217 Å². The number of esters is 1. The zero-order valence-corrected chi connectivity index (χ0v) is 21.3. The Kier molecular flexibility index (Phi) is 6.75. The lowest BCUT2D eigenvalue weighted by Crippen LogP contribution is -2.54. The molecule has 0 radical (unpaired) electrons. The van der Waals surface area contributed by atoms with Crippen molar-refractivity contribution >= 4 is 58.8 Å². The van der Waals surface area contributed by atoms with E-state index in [4.69, 9.17) is 27.9 Å². The number of halogens is 2. The van der Waals surface area contributed by atoms with Crippen molar-refractivity contribution in [2.75, 3.05) is 12.0 Å². The number of nitrogens with one attached hydrogen (secondary N) is 1. The molecule has 36 heavy (non-hydrogen) atoms. The quantitative estimate of drug-likeness (QED) is 0.288. The minimum Gasteiger partial charge on any atom is -0.465 e. The molecule has 0 bridgehead atoms. The van der Waals surface area contributed by atoms with E-state index in [0.29, 0.717) is 22.0 Å². The van der Waals surface area contributed by atoms with Gasteiger partial charge in [0.1, 0.15) is 5.57 Å². The third-order valence-electron chi connectivity index (χ3n) is 5.90. The van der Waals surface area contributed by atoms with Crippen LogP contribution < -0.4 is 10.2 Å². The maximum atomic E-state index is 13.3. The molecule has 0 unspecified atom stereocenters. The zero-order chi connectivity index (χ0) is 26.3. The fourth-order valence-corrected chi connectivity index (χ4v) is 4.44. The maximum absolute atomic E-state index is 13.3. The number of carbonyl (C=O) groups is 4. The van der Waals surface area contributed by atoms with Crippen LogP contribution in [0.4, 0.5) is 10.5 Å². The number of rotatable bonds is 4. The van der Waals surface area contributed by atoms with Gasteiger partial charge >= 0.3 is 12.0 Å². The fraction of sp³-hybridized carbons (Fsp3) is 0.154. The Balaban J connectivity index is 1.75. The van der Waals surface area contributed by atoms with E-state index in [1.54, 1.807) is 43.3 Å². The Bertz CT molecular complexity index is 1490. The molecular weight excluding hydrogens is 505 g/mol. The normalized spacial score (nSPS) is 14.9. The first-order chi connectivity index (χ1) is 17.0. The molecule has 2 heterocycles. The molecule has 1 aliphatic rings. The molecule has 4 rings (SSSR count). The molecule has 8 nitrogen and oxygen atoms in total. The van der Waals surface area contributed by atoms with Crippen molar-refractivity contribution in [1.29, 1.82) is 0 Å². The van der Waals surface area contributed by atoms with Gasteiger partial charge in [0.25, 0.3) is 11.8 Å². The number of imide groups is 2. The average Bonchev–Trinajstić information content (AvgIpc) is 3.10. The van der Waals surface area contributed by atoms with Gasteiger partial charge in [0, 0.05) is 22.1 Å². The average molecular weight is 526 g/mol. The van der Waals surface area contributed by atoms with Gasteiger partial charge in [-0.3, -0.25) is 14.9 Å². The number of amides is 4. The summed E-state index contributed by atoms with van der Waals surface area (Å²) in [7, 11) is 1.28. The van der Waals surface area contributed by atoms with Crippen LogP contribution in [0.3, 0.4) is 0 Å². The molecule has 2 aromatic carbocycles. The SMILES string of the molecule is COC(=O)c1ccc(-n2c(C)cc(/C=C3/C(=O)NC(=O)N(c4ccc(C)c(Cl)c4)C3=O)c2C)cc1Cl. The first-order valence-electron chi connectivity index (χ1n) is 10.8. The Morgan fingerprint density at radius 2 is 1.61 bits per heavy atom. The van der Waals surface area contributed by atoms with Crippen LogP contribution in [0.5, 0.6) is 0 Å². The van der Waals surface area contributed by atoms with Crippen molar-refractivity contribution < 1.29 is 23.9 Å². The highest BCUT2D eigenvalue weighted by atomic mass is 35.5. The first kappa shape index (κ1) is 25.2. The van der Waals surface area contributed by atoms with E-state index in [2.05, 4.69) is 5.32 Å². The van der Waals surface area contributed by atoms with Crippen molar-refractivity contribution in [2.24, 2.45) is 0 Å². The number of barbiturate groups is 1. The minimum atomic E-state index is -0.854. The van der Waals surface area contributed by atoms with E-state index in [1.807, 2.05) is 18.4 Å². The van der Waals surface area contributed by atoms with E-state index in [1.165, 1.54) is 19.3 Å². The largest absolute Gasteiger partial charge is 0.465 e. The van der Waals surface area contributed by atoms with Gasteiger partial charge in [-0.25, -0.2) is 14.5 Å². The van der Waals surface area contributed by atoms with Crippen molar-refractivity contribution in [3.63, 3.8) is 0 Å². The second-order valence-corrected chi connectivity index (χ2v) is 9.02. The molecular formula is C26H21Cl2N3O5. The summed E-state index contributed by atoms with van der Waals surface area (Å²) in [4.78, 5) is 51.1. The summed E-state index contributed by atoms with van der Waals surface area (Å²) in [5.41, 5.74) is 3.84. The molecule has 184 valence electrons. The monoisotopic (exact) mass is 525 g/mol. The summed E-state index contributed by atoms with van der Waals surface area (Å²) < 4.78 is 6.60. The van der Waals surface area contributed by atoms with E-state index < -0.39 is 23.8 Å². The predicted molar refractivity (Wildman–Crippen MR) is 137 cm³/mol. The summed E-state index contributed by atoms with van der Waals surface area (Å²) in [5.74, 6) is -2.11. The Morgan fingerprint density at radius 3 is 2.25 bits per heavy atom. The Hall–Kier alpha value is -3.88. The van der Waals surface area contributed by atoms with Crippen molar-refractivity contribution in [1.82, 2.24) is 9.88 Å². The minimum absolute atomic E-state index is 0.203. The number of aryl methyl sites for hydroxylation is 2. The number of aromatic nitrogens is 1. The van der Waals surface area contributed by atoms with Crippen molar-refractivity contribution in [3.8, 4) is 5.69 Å². The standard InChI is InChI=1S/C26H21Cl2N3O5/c1-13-5-6-18(11-21(13)27)31-24(33)20(23(32)29-26(31)35)10-16-9-14(2)30(15(16)3)17-7-8-19(22(28)12-17)25(34)36-4/h5-12H,1-4H3,(H,29,32,35)/b20-10-. The topological polar surface area (TPSA) is 97.7 Å². The van der Waals surface area contributed by atoms with Crippen molar-refractivity contribution in [3.05, 3.63) is 86.2 Å². The van der Waals surface area contributed by atoms with Crippen LogP contribution in [-0.2, 0) is 14.3 Å². The second kappa shape index (κ2) is 9.64. The molecule has 0 saturated carbocycles. The number of nitrogens with zero attached hydrogens (tertiary/aromatic N) is 2. The number of carbonyl (C=O) groups excluding carboxylic acids is 4. The van der Waals surface area contributed by atoms with Gasteiger partial charge in [0.05, 0.1) is 23.4 Å². The molecule has 0 spiro atoms. The molecule has 0 atom stereocenters. The van der Waals surface area contributed by atoms with Gasteiger partial charge < -0.3 is 9.30 Å². The van der Waals surface area contributed by atoms with Crippen LogP contribution in [0.1, 0.15) is 32.9 Å². The molecule has 4 amide bonds. The molecule has 1 saturated heterocycles. The number of methoxy groups -OCH3 is 1. The van der Waals surface area contributed by atoms with Crippen LogP contribution in [0, 0.1) is 20.8 Å². The highest BCUT2D eigenvalue weighted by molar-refractivity contribution is 6.39. The van der Waals surface area contributed by atoms with Crippen LogP contribution in [0.2, 0.25) is 10.0 Å². The van der Waals surface area contributed by atoms with E-state index in [9.17, 15) is 19.2 Å². The van der Waals surface area contributed by atoms with Crippen LogP contribution in [0.25, 0.3) is 11.8 Å². The fourth-order valence-electron chi connectivity index (χ4n) is 4.02. The van der Waals surface area contributed by atoms with Crippen LogP contribution in [0.15, 0.2) is 48.0 Å². The van der Waals surface area contributed by atoms with E-state index in [-0.39, 0.29) is 21.8 Å². The van der Waals surface area contributed by atoms with Gasteiger partial charge in [-0.2, -0.15) is 0 Å². The Morgan fingerprint density at radius 1 is 0.944 bits per heavy atom. The van der Waals surface area contributed by atoms with Gasteiger partial charge in [-0.05, 0) is 74.4 Å². The number of hydrogen-bond donors (Lipinski definition) is 1. The van der Waals surface area contributed by atoms with Gasteiger partial charge in [0.2, 0.25) is 0 Å². The van der Waals surface area contributed by atoms with Gasteiger partial charge in [-0.1, -0.05) is 29.3 Å². The number of anilines is 1. The van der Waals surface area contributed by atoms with E-state index in [0.717, 1.165) is 16.2 Å². The highest BCUT2D eigenvalue weighted by Gasteiger charge is 2.37. The smallest absolute Gasteiger partial charge is 0.339 e. The lowest BCUT2D eigenvalue weighted by Gasteiger charge is -2.26. The summed E-state index contributed by atoms with van der Waals surface area (Å²) >= 11 is 12.5. The molecule has 0 aliphatic carbocycles. The second-order valence-electron chi connectivity index (χ2n) is 8.21. The molecule has 1 fully saturated rings. The predicted octanol–water partition coefficient (Wildman–Crippen LogP) is 5.16. The van der Waals surface area contributed by atoms with Gasteiger partial charge in [0.15, 0.2) is 0 Å². The molecule has 1 aliphatic heterocycles. The number of hydrogen-bond acceptors (Lipinski definition) is 5. The molecule has 1 aromatic heterocycles. The summed E-state index contributed by atoms with van der Waals surface area (Å²) in [5, 5.41) is 2.82. The highest BCUT2D eigenvalue weighted by Crippen LogP contribution is 2.29. The van der Waals surface area contributed by atoms with Crippen LogP contribution >= 0.6 is 23.2 Å². The summed E-state index contributed by atoms with van der Waals surface area (Å²) in [6.07, 6.45) is 1.44. The maximum Gasteiger partial charge on any atom is 0.339 e. The third kappa shape index (κ3) is 4.41. The third-order valence-corrected chi connectivity index (χ3v) is 6.62. The summed E-state index contributed by atoms with van der Waals surface area (Å²) in [6.45, 7) is 5.46. The first-order valence-corrected chi connectivity index (χ1v) is 11.5. The lowest BCUT2D eigenvalue weighted by molar-refractivity contribution is -0.122. The lowest BCUT2D eigenvalue weighted by atomic mass is 10.1. The summed E-state index contributed by atoms with van der Waals surface area (Å²) in [6, 6.07) is 10.6. The zero-order valence-electron chi connectivity index (χ0n) is 19.8. The number of ether oxygens (including phenoxy) is 1. The van der Waals surface area contributed by atoms with Gasteiger partial charge in [-0.15, -0.1) is 0 Å².